The molecule has 0 radical (unpaired) electrons. The highest BCUT2D eigenvalue weighted by atomic mass is 19.1. The fraction of sp³-hybridized carbons (Fsp3) is 0.261. The maximum absolute atomic E-state index is 13.8. The zero-order chi connectivity index (χ0) is 21.0. The second kappa shape index (κ2) is 9.01. The lowest BCUT2D eigenvalue weighted by Crippen LogP contribution is -2.36. The molecule has 3 aromatic carbocycles. The van der Waals surface area contributed by atoms with E-state index >= 15 is 0 Å². The minimum absolute atomic E-state index is 0.0788. The van der Waals surface area contributed by atoms with E-state index < -0.39 is 11.6 Å². The molecule has 0 unspecified atom stereocenters. The number of nitrogens with zero attached hydrogens (tertiary/aromatic N) is 2. The third kappa shape index (κ3) is 5.29. The lowest BCUT2D eigenvalue weighted by atomic mass is 10.1. The summed E-state index contributed by atoms with van der Waals surface area (Å²) in [7, 11) is 5.11. The van der Waals surface area contributed by atoms with E-state index in [-0.39, 0.29) is 19.0 Å². The first kappa shape index (κ1) is 20.7. The maximum Gasteiger partial charge on any atom is 0.236 e. The molecule has 0 aliphatic heterocycles. The van der Waals surface area contributed by atoms with Gasteiger partial charge in [-0.2, -0.15) is 0 Å². The molecule has 0 spiro atoms. The van der Waals surface area contributed by atoms with Crippen LogP contribution >= 0.6 is 0 Å². The number of amides is 1. The molecular formula is C23H24F2N2O2. The molecule has 3 aromatic rings. The lowest BCUT2D eigenvalue weighted by molar-refractivity contribution is -0.131. The highest BCUT2D eigenvalue weighted by Gasteiger charge is 2.14. The Morgan fingerprint density at radius 2 is 1.66 bits per heavy atom. The zero-order valence-electron chi connectivity index (χ0n) is 16.8. The fourth-order valence-corrected chi connectivity index (χ4v) is 3.21. The highest BCUT2D eigenvalue weighted by Crippen LogP contribution is 2.22. The van der Waals surface area contributed by atoms with Crippen molar-refractivity contribution < 1.29 is 18.3 Å². The van der Waals surface area contributed by atoms with Crippen molar-refractivity contribution in [1.82, 2.24) is 9.80 Å². The zero-order valence-corrected chi connectivity index (χ0v) is 16.8. The number of carbonyl (C=O) groups is 1. The van der Waals surface area contributed by atoms with Crippen LogP contribution in [0.4, 0.5) is 8.78 Å². The summed E-state index contributed by atoms with van der Waals surface area (Å²) in [6.45, 7) is 0.834. The smallest absolute Gasteiger partial charge is 0.236 e. The summed E-state index contributed by atoms with van der Waals surface area (Å²) in [5, 5.41) is 2.15. The van der Waals surface area contributed by atoms with E-state index in [9.17, 15) is 13.6 Å². The van der Waals surface area contributed by atoms with E-state index in [4.69, 9.17) is 4.74 Å². The van der Waals surface area contributed by atoms with Gasteiger partial charge in [-0.05, 0) is 47.6 Å². The molecule has 0 aliphatic rings. The molecule has 4 nitrogen and oxygen atoms in total. The van der Waals surface area contributed by atoms with Crippen LogP contribution in [-0.2, 0) is 17.9 Å². The number of hydrogen-bond donors (Lipinski definition) is 0. The van der Waals surface area contributed by atoms with Crippen LogP contribution in [0, 0.1) is 11.6 Å². The van der Waals surface area contributed by atoms with E-state index in [2.05, 4.69) is 6.07 Å². The summed E-state index contributed by atoms with van der Waals surface area (Å²) < 4.78 is 32.1. The second-order valence-corrected chi connectivity index (χ2v) is 7.21. The van der Waals surface area contributed by atoms with Crippen LogP contribution in [0.1, 0.15) is 11.1 Å². The summed E-state index contributed by atoms with van der Waals surface area (Å²) >= 11 is 0. The van der Waals surface area contributed by atoms with Gasteiger partial charge in [-0.3, -0.25) is 9.69 Å². The fourth-order valence-electron chi connectivity index (χ4n) is 3.21. The van der Waals surface area contributed by atoms with Crippen molar-refractivity contribution in [3.63, 3.8) is 0 Å². The van der Waals surface area contributed by atoms with E-state index in [1.54, 1.807) is 31.0 Å². The molecule has 29 heavy (non-hydrogen) atoms. The number of hydrogen-bond acceptors (Lipinski definition) is 3. The number of carbonyl (C=O) groups excluding carboxylic acids is 1. The molecule has 0 heterocycles. The molecule has 0 aromatic heterocycles. The molecule has 0 saturated carbocycles. The van der Waals surface area contributed by atoms with Crippen molar-refractivity contribution in [2.45, 2.75) is 13.1 Å². The molecule has 3 rings (SSSR count). The average molecular weight is 398 g/mol. The van der Waals surface area contributed by atoms with Crippen molar-refractivity contribution in [3.05, 3.63) is 77.4 Å². The summed E-state index contributed by atoms with van der Waals surface area (Å²) in [6, 6.07) is 15.4. The van der Waals surface area contributed by atoms with Crippen molar-refractivity contribution in [2.75, 3.05) is 27.7 Å². The summed E-state index contributed by atoms with van der Waals surface area (Å²) in [5.74, 6) is -0.494. The van der Waals surface area contributed by atoms with Crippen LogP contribution in [0.5, 0.6) is 5.75 Å². The number of rotatable bonds is 7. The van der Waals surface area contributed by atoms with Gasteiger partial charge in [-0.15, -0.1) is 0 Å². The van der Waals surface area contributed by atoms with Crippen LogP contribution in [0.15, 0.2) is 54.6 Å². The van der Waals surface area contributed by atoms with Gasteiger partial charge in [0, 0.05) is 31.8 Å². The first-order valence-electron chi connectivity index (χ1n) is 9.29. The monoisotopic (exact) mass is 398 g/mol. The Hall–Kier alpha value is -2.99. The first-order chi connectivity index (χ1) is 13.9. The Balaban J connectivity index is 1.60. The highest BCUT2D eigenvalue weighted by molar-refractivity contribution is 5.84. The van der Waals surface area contributed by atoms with Crippen molar-refractivity contribution in [2.24, 2.45) is 0 Å². The van der Waals surface area contributed by atoms with Gasteiger partial charge in [0.05, 0.1) is 13.7 Å². The number of methoxy groups -OCH3 is 1. The first-order valence-corrected chi connectivity index (χ1v) is 9.29. The number of benzene rings is 3. The minimum Gasteiger partial charge on any atom is -0.497 e. The molecule has 0 fully saturated rings. The van der Waals surface area contributed by atoms with Crippen LogP contribution in [0.3, 0.4) is 0 Å². The molecular weight excluding hydrogens is 374 g/mol. The largest absolute Gasteiger partial charge is 0.497 e. The standard InChI is InChI=1S/C23H24F2N2O2/c1-26(14-19-6-8-20(24)12-22(19)25)15-23(28)27(2)13-16-4-5-18-11-21(29-3)9-7-17(18)10-16/h4-12H,13-15H2,1-3H3. The van der Waals surface area contributed by atoms with E-state index in [0.29, 0.717) is 12.1 Å². The van der Waals surface area contributed by atoms with Gasteiger partial charge in [-0.25, -0.2) is 8.78 Å². The summed E-state index contributed by atoms with van der Waals surface area (Å²) in [4.78, 5) is 15.9. The Morgan fingerprint density at radius 1 is 0.931 bits per heavy atom. The van der Waals surface area contributed by atoms with Gasteiger partial charge >= 0.3 is 0 Å². The summed E-state index contributed by atoms with van der Waals surface area (Å²) in [6.07, 6.45) is 0. The number of likely N-dealkylation sites (N-methyl/N-ethyl adjacent to an activating group) is 2. The van der Waals surface area contributed by atoms with E-state index in [1.165, 1.54) is 12.1 Å². The van der Waals surface area contributed by atoms with Gasteiger partial charge < -0.3 is 9.64 Å². The normalized spacial score (nSPS) is 11.1. The molecule has 1 amide bonds. The number of halogens is 2. The van der Waals surface area contributed by atoms with Crippen LogP contribution in [-0.4, -0.2) is 43.5 Å². The molecule has 6 heteroatoms. The SMILES string of the molecule is COc1ccc2cc(CN(C)C(=O)CN(C)Cc3ccc(F)cc3F)ccc2c1. The van der Waals surface area contributed by atoms with Crippen LogP contribution in [0.2, 0.25) is 0 Å². The molecule has 0 N–H and O–H groups in total. The Labute approximate surface area is 169 Å². The van der Waals surface area contributed by atoms with Gasteiger partial charge in [0.15, 0.2) is 0 Å². The number of ether oxygens (including phenoxy) is 1. The topological polar surface area (TPSA) is 32.8 Å². The number of fused-ring (bicyclic) bond motifs is 1. The predicted molar refractivity (Wildman–Crippen MR) is 110 cm³/mol. The van der Waals surface area contributed by atoms with Crippen molar-refractivity contribution in [1.29, 1.82) is 0 Å². The quantitative estimate of drug-likeness (QED) is 0.598. The molecule has 152 valence electrons. The van der Waals surface area contributed by atoms with Gasteiger partial charge in [0.2, 0.25) is 5.91 Å². The van der Waals surface area contributed by atoms with Crippen LogP contribution in [0.25, 0.3) is 10.8 Å². The van der Waals surface area contributed by atoms with Gasteiger partial charge in [0.1, 0.15) is 17.4 Å². The molecule has 0 saturated heterocycles. The van der Waals surface area contributed by atoms with Crippen LogP contribution < -0.4 is 4.74 Å². The van der Waals surface area contributed by atoms with Gasteiger partial charge in [-0.1, -0.05) is 24.3 Å². The summed E-state index contributed by atoms with van der Waals surface area (Å²) in [5.41, 5.74) is 1.38. The molecule has 0 atom stereocenters. The van der Waals surface area contributed by atoms with Crippen molar-refractivity contribution in [3.8, 4) is 5.75 Å². The van der Waals surface area contributed by atoms with E-state index in [1.807, 2.05) is 30.3 Å². The molecule has 0 aliphatic carbocycles. The maximum atomic E-state index is 13.8. The third-order valence-electron chi connectivity index (χ3n) is 4.82. The Bertz CT molecular complexity index is 1020. The Kier molecular flexibility index (Phi) is 6.44. The average Bonchev–Trinajstić information content (AvgIpc) is 2.69. The second-order valence-electron chi connectivity index (χ2n) is 7.21. The minimum atomic E-state index is -0.612. The Morgan fingerprint density at radius 3 is 2.38 bits per heavy atom. The predicted octanol–water partition coefficient (Wildman–Crippen LogP) is 4.22. The molecule has 0 bridgehead atoms. The third-order valence-corrected chi connectivity index (χ3v) is 4.82. The van der Waals surface area contributed by atoms with E-state index in [0.717, 1.165) is 28.2 Å². The lowest BCUT2D eigenvalue weighted by Gasteiger charge is -2.22. The van der Waals surface area contributed by atoms with Crippen molar-refractivity contribution >= 4 is 16.7 Å². The van der Waals surface area contributed by atoms with Gasteiger partial charge in [0.25, 0.3) is 0 Å².